The van der Waals surface area contributed by atoms with Crippen molar-refractivity contribution in [3.63, 3.8) is 0 Å². The molecule has 3 rings (SSSR count). The molecule has 0 atom stereocenters. The second-order valence-electron chi connectivity index (χ2n) is 11.1. The summed E-state index contributed by atoms with van der Waals surface area (Å²) < 4.78 is 11.7. The van der Waals surface area contributed by atoms with Crippen LogP contribution >= 0.6 is 0 Å². The fraction of sp³-hybridized carbons (Fsp3) is 0.516. The molecule has 3 nitrogen and oxygen atoms in total. The molecule has 0 radical (unpaired) electrons. The summed E-state index contributed by atoms with van der Waals surface area (Å²) in [7, 11) is 1.42. The smallest absolute Gasteiger partial charge is 0.315 e. The molecule has 34 heavy (non-hydrogen) atoms. The largest absolute Gasteiger partial charge is 0.487 e. The van der Waals surface area contributed by atoms with Crippen molar-refractivity contribution < 1.29 is 14.3 Å². The van der Waals surface area contributed by atoms with E-state index in [9.17, 15) is 4.79 Å². The van der Waals surface area contributed by atoms with Crippen LogP contribution in [0.15, 0.2) is 36.4 Å². The zero-order chi connectivity index (χ0) is 25.3. The lowest BCUT2D eigenvalue weighted by Crippen LogP contribution is -2.45. The van der Waals surface area contributed by atoms with Gasteiger partial charge in [-0.3, -0.25) is 4.79 Å². The Bertz CT molecular complexity index is 1100. The molecular weight excluding hydrogens is 420 g/mol. The van der Waals surface area contributed by atoms with Gasteiger partial charge in [0.1, 0.15) is 11.4 Å². The monoisotopic (exact) mass is 460 g/mol. The maximum atomic E-state index is 12.1. The molecule has 0 N–H and O–H groups in total. The minimum Gasteiger partial charge on any atom is -0.487 e. The standard InChI is InChI=1S/C31H40O3/c1-10-31(11-2)20-29(5,6)26-19-23(18-25(21(3)4)27(26)34-31)13-12-22-14-16-24(17-15-22)30(7,8)28(32)33-9/h14-19,21H,10-11,20H2,1-9H3. The SMILES string of the molecule is CCC1(CC)CC(C)(C)c2cc(C#Cc3ccc(C(C)(C)C(=O)OC)cc3)cc(C(C)C)c2O1. The van der Waals surface area contributed by atoms with Crippen LogP contribution < -0.4 is 4.74 Å². The number of carbonyl (C=O) groups excluding carboxylic acids is 1. The summed E-state index contributed by atoms with van der Waals surface area (Å²) in [6, 6.07) is 12.3. The molecule has 0 aliphatic carbocycles. The Hall–Kier alpha value is -2.73. The Balaban J connectivity index is 2.00. The first-order chi connectivity index (χ1) is 15.9. The summed E-state index contributed by atoms with van der Waals surface area (Å²) in [5, 5.41) is 0. The van der Waals surface area contributed by atoms with Gasteiger partial charge in [-0.05, 0) is 79.8 Å². The molecule has 0 unspecified atom stereocenters. The van der Waals surface area contributed by atoms with Crippen molar-refractivity contribution in [1.82, 2.24) is 0 Å². The summed E-state index contributed by atoms with van der Waals surface area (Å²) in [6.45, 7) is 17.3. The normalized spacial score (nSPS) is 16.2. The first-order valence-electron chi connectivity index (χ1n) is 12.5. The Morgan fingerprint density at radius 1 is 1.06 bits per heavy atom. The minimum absolute atomic E-state index is 0.0159. The molecule has 1 aliphatic heterocycles. The number of ether oxygens (including phenoxy) is 2. The van der Waals surface area contributed by atoms with Gasteiger partial charge in [-0.1, -0.05) is 65.5 Å². The topological polar surface area (TPSA) is 35.5 Å². The Labute approximate surface area is 206 Å². The molecule has 0 fully saturated rings. The number of hydrogen-bond donors (Lipinski definition) is 0. The summed E-state index contributed by atoms with van der Waals surface area (Å²) >= 11 is 0. The number of rotatable bonds is 5. The molecule has 0 saturated heterocycles. The molecule has 2 aromatic rings. The number of carbonyl (C=O) groups is 1. The van der Waals surface area contributed by atoms with Crippen LogP contribution in [0.2, 0.25) is 0 Å². The van der Waals surface area contributed by atoms with E-state index < -0.39 is 5.41 Å². The van der Waals surface area contributed by atoms with Crippen LogP contribution in [-0.2, 0) is 20.4 Å². The number of hydrogen-bond acceptors (Lipinski definition) is 3. The van der Waals surface area contributed by atoms with E-state index in [1.54, 1.807) is 0 Å². The number of benzene rings is 2. The predicted molar refractivity (Wildman–Crippen MR) is 140 cm³/mol. The summed E-state index contributed by atoms with van der Waals surface area (Å²) in [5.74, 6) is 7.86. The molecule has 0 amide bonds. The second-order valence-corrected chi connectivity index (χ2v) is 11.1. The van der Waals surface area contributed by atoms with Gasteiger partial charge in [-0.2, -0.15) is 0 Å². The highest BCUT2D eigenvalue weighted by Gasteiger charge is 2.44. The maximum absolute atomic E-state index is 12.1. The zero-order valence-corrected chi connectivity index (χ0v) is 22.4. The average Bonchev–Trinajstić information content (AvgIpc) is 2.81. The average molecular weight is 461 g/mol. The fourth-order valence-electron chi connectivity index (χ4n) is 5.05. The number of fused-ring (bicyclic) bond motifs is 1. The minimum atomic E-state index is -0.691. The highest BCUT2D eigenvalue weighted by molar-refractivity contribution is 5.82. The quantitative estimate of drug-likeness (QED) is 0.347. The van der Waals surface area contributed by atoms with Crippen molar-refractivity contribution in [3.05, 3.63) is 64.2 Å². The van der Waals surface area contributed by atoms with E-state index in [-0.39, 0.29) is 17.0 Å². The van der Waals surface area contributed by atoms with Crippen LogP contribution in [-0.4, -0.2) is 18.7 Å². The van der Waals surface area contributed by atoms with Crippen LogP contribution in [0, 0.1) is 11.8 Å². The third-order valence-corrected chi connectivity index (χ3v) is 7.49. The van der Waals surface area contributed by atoms with Crippen LogP contribution in [0.3, 0.4) is 0 Å². The summed E-state index contributed by atoms with van der Waals surface area (Å²) in [4.78, 5) is 12.1. The van der Waals surface area contributed by atoms with Gasteiger partial charge in [0, 0.05) is 16.7 Å². The van der Waals surface area contributed by atoms with E-state index in [1.807, 2.05) is 38.1 Å². The number of methoxy groups -OCH3 is 1. The van der Waals surface area contributed by atoms with Crippen LogP contribution in [0.1, 0.15) is 108 Å². The summed E-state index contributed by atoms with van der Waals surface area (Å²) in [6.07, 6.45) is 3.02. The van der Waals surface area contributed by atoms with E-state index >= 15 is 0 Å². The third-order valence-electron chi connectivity index (χ3n) is 7.49. The van der Waals surface area contributed by atoms with Crippen molar-refractivity contribution in [2.24, 2.45) is 0 Å². The number of esters is 1. The van der Waals surface area contributed by atoms with Gasteiger partial charge in [0.2, 0.25) is 0 Å². The molecular formula is C31H40O3. The van der Waals surface area contributed by atoms with Crippen LogP contribution in [0.5, 0.6) is 5.75 Å². The van der Waals surface area contributed by atoms with Crippen molar-refractivity contribution in [2.75, 3.05) is 7.11 Å². The molecule has 182 valence electrons. The van der Waals surface area contributed by atoms with Crippen LogP contribution in [0.25, 0.3) is 0 Å². The van der Waals surface area contributed by atoms with Gasteiger partial charge < -0.3 is 9.47 Å². The first kappa shape index (κ1) is 25.9. The molecule has 0 aromatic heterocycles. The summed E-state index contributed by atoms with van der Waals surface area (Å²) in [5.41, 5.74) is 4.55. The maximum Gasteiger partial charge on any atom is 0.315 e. The first-order valence-corrected chi connectivity index (χ1v) is 12.5. The fourth-order valence-corrected chi connectivity index (χ4v) is 5.05. The lowest BCUT2D eigenvalue weighted by molar-refractivity contribution is -0.146. The van der Waals surface area contributed by atoms with Gasteiger partial charge in [0.15, 0.2) is 0 Å². The van der Waals surface area contributed by atoms with Crippen molar-refractivity contribution >= 4 is 5.97 Å². The van der Waals surface area contributed by atoms with E-state index in [1.165, 1.54) is 18.2 Å². The highest BCUT2D eigenvalue weighted by Crippen LogP contribution is 2.50. The van der Waals surface area contributed by atoms with Gasteiger partial charge in [-0.15, -0.1) is 0 Å². The molecule has 2 aromatic carbocycles. The van der Waals surface area contributed by atoms with E-state index in [4.69, 9.17) is 9.47 Å². The van der Waals surface area contributed by atoms with Gasteiger partial charge in [0.25, 0.3) is 0 Å². The molecule has 0 bridgehead atoms. The van der Waals surface area contributed by atoms with Crippen molar-refractivity contribution in [3.8, 4) is 17.6 Å². The second kappa shape index (κ2) is 9.49. The predicted octanol–water partition coefficient (Wildman–Crippen LogP) is 7.28. The van der Waals surface area contributed by atoms with Gasteiger partial charge in [0.05, 0.1) is 12.5 Å². The lowest BCUT2D eigenvalue weighted by Gasteiger charge is -2.46. The zero-order valence-electron chi connectivity index (χ0n) is 22.4. The van der Waals surface area contributed by atoms with Crippen LogP contribution in [0.4, 0.5) is 0 Å². The molecule has 0 spiro atoms. The highest BCUT2D eigenvalue weighted by atomic mass is 16.5. The molecule has 1 aliphatic rings. The van der Waals surface area contributed by atoms with Gasteiger partial charge >= 0.3 is 5.97 Å². The molecule has 3 heteroatoms. The van der Waals surface area contributed by atoms with E-state index in [2.05, 4.69) is 65.5 Å². The molecule has 0 saturated carbocycles. The van der Waals surface area contributed by atoms with E-state index in [0.717, 1.165) is 41.7 Å². The van der Waals surface area contributed by atoms with E-state index in [0.29, 0.717) is 5.92 Å². The lowest BCUT2D eigenvalue weighted by atomic mass is 9.69. The Kier molecular flexibility index (Phi) is 7.23. The molecule has 1 heterocycles. The van der Waals surface area contributed by atoms with Crippen molar-refractivity contribution in [2.45, 2.75) is 97.0 Å². The Morgan fingerprint density at radius 2 is 1.65 bits per heavy atom. The Morgan fingerprint density at radius 3 is 2.18 bits per heavy atom. The van der Waals surface area contributed by atoms with Gasteiger partial charge in [-0.25, -0.2) is 0 Å². The van der Waals surface area contributed by atoms with Crippen molar-refractivity contribution in [1.29, 1.82) is 0 Å². The third kappa shape index (κ3) is 4.88.